The molecular weight excluding hydrogens is 506 g/mol. The minimum Gasteiger partial charge on any atom is -0.507 e. The van der Waals surface area contributed by atoms with Gasteiger partial charge in [0.1, 0.15) is 11.5 Å². The van der Waals surface area contributed by atoms with E-state index >= 15 is 0 Å². The van der Waals surface area contributed by atoms with Gasteiger partial charge in [0.05, 0.1) is 31.4 Å². The van der Waals surface area contributed by atoms with Gasteiger partial charge in [0.25, 0.3) is 11.7 Å². The zero-order chi connectivity index (χ0) is 28.5. The smallest absolute Gasteiger partial charge is 0.295 e. The molecule has 1 aliphatic rings. The second-order valence-electron chi connectivity index (χ2n) is 9.59. The van der Waals surface area contributed by atoms with Crippen LogP contribution in [0.1, 0.15) is 56.3 Å². The molecule has 210 valence electrons. The lowest BCUT2D eigenvalue weighted by atomic mass is 9.94. The number of ketones is 1. The summed E-state index contributed by atoms with van der Waals surface area (Å²) in [5.41, 5.74) is 2.18. The number of aliphatic hydroxyl groups is 1. The molecular formula is C33H37NO6. The van der Waals surface area contributed by atoms with Crippen molar-refractivity contribution in [1.82, 2.24) is 4.90 Å². The molecule has 40 heavy (non-hydrogen) atoms. The van der Waals surface area contributed by atoms with Crippen LogP contribution < -0.4 is 14.2 Å². The maximum Gasteiger partial charge on any atom is 0.295 e. The molecule has 1 saturated heterocycles. The normalized spacial score (nSPS) is 16.3. The van der Waals surface area contributed by atoms with Crippen LogP contribution >= 0.6 is 0 Å². The number of Topliss-reactive ketones (excluding diaryl/α,β-unsaturated/α-hetero) is 1. The predicted molar refractivity (Wildman–Crippen MR) is 155 cm³/mol. The molecule has 0 aliphatic carbocycles. The van der Waals surface area contributed by atoms with Crippen molar-refractivity contribution in [3.8, 4) is 17.2 Å². The second-order valence-corrected chi connectivity index (χ2v) is 9.59. The fourth-order valence-corrected chi connectivity index (χ4v) is 4.73. The van der Waals surface area contributed by atoms with E-state index in [4.69, 9.17) is 14.2 Å². The quantitative estimate of drug-likeness (QED) is 0.154. The van der Waals surface area contributed by atoms with Gasteiger partial charge in [-0.1, -0.05) is 50.2 Å². The van der Waals surface area contributed by atoms with Gasteiger partial charge in [-0.25, -0.2) is 0 Å². The fraction of sp³-hybridized carbons (Fsp3) is 0.333. The highest BCUT2D eigenvalue weighted by Crippen LogP contribution is 2.42. The number of hydrogen-bond acceptors (Lipinski definition) is 6. The van der Waals surface area contributed by atoms with Crippen LogP contribution in [0.25, 0.3) is 5.76 Å². The van der Waals surface area contributed by atoms with Crippen LogP contribution in [0.2, 0.25) is 0 Å². The second kappa shape index (κ2) is 13.7. The summed E-state index contributed by atoms with van der Waals surface area (Å²) in [6, 6.07) is 21.3. The molecule has 1 atom stereocenters. The Bertz CT molecular complexity index is 1330. The summed E-state index contributed by atoms with van der Waals surface area (Å²) in [7, 11) is 0. The number of likely N-dealkylation sites (tertiary alicyclic amines) is 1. The summed E-state index contributed by atoms with van der Waals surface area (Å²) in [5, 5.41) is 11.4. The Hall–Kier alpha value is -4.26. The number of aliphatic hydroxyl groups excluding tert-OH is 1. The first-order valence-electron chi connectivity index (χ1n) is 13.9. The van der Waals surface area contributed by atoms with E-state index in [9.17, 15) is 14.7 Å². The highest BCUT2D eigenvalue weighted by atomic mass is 16.5. The third-order valence-electron chi connectivity index (χ3n) is 6.67. The third kappa shape index (κ3) is 6.47. The lowest BCUT2D eigenvalue weighted by Crippen LogP contribution is -2.31. The van der Waals surface area contributed by atoms with E-state index in [1.54, 1.807) is 36.4 Å². The van der Waals surface area contributed by atoms with E-state index in [0.717, 1.165) is 18.4 Å². The van der Waals surface area contributed by atoms with Crippen LogP contribution in [0.15, 0.2) is 78.4 Å². The van der Waals surface area contributed by atoms with Gasteiger partial charge in [-0.2, -0.15) is 0 Å². The van der Waals surface area contributed by atoms with E-state index in [0.29, 0.717) is 61.2 Å². The van der Waals surface area contributed by atoms with Gasteiger partial charge in [-0.05, 0) is 73.7 Å². The van der Waals surface area contributed by atoms with Crippen molar-refractivity contribution in [3.05, 3.63) is 95.1 Å². The van der Waals surface area contributed by atoms with Gasteiger partial charge in [-0.3, -0.25) is 9.59 Å². The third-order valence-corrected chi connectivity index (χ3v) is 6.67. The number of benzene rings is 3. The number of ether oxygens (including phenoxy) is 3. The Kier molecular flexibility index (Phi) is 9.84. The van der Waals surface area contributed by atoms with Gasteiger partial charge >= 0.3 is 0 Å². The van der Waals surface area contributed by atoms with Gasteiger partial charge < -0.3 is 24.2 Å². The zero-order valence-electron chi connectivity index (χ0n) is 23.4. The monoisotopic (exact) mass is 543 g/mol. The molecule has 1 unspecified atom stereocenters. The van der Waals surface area contributed by atoms with Crippen LogP contribution in [0.4, 0.5) is 0 Å². The van der Waals surface area contributed by atoms with Crippen LogP contribution in [-0.2, 0) is 16.0 Å². The molecule has 7 heteroatoms. The van der Waals surface area contributed by atoms with Gasteiger partial charge in [0.2, 0.25) is 0 Å². The van der Waals surface area contributed by atoms with E-state index in [-0.39, 0.29) is 11.3 Å². The molecule has 1 fully saturated rings. The summed E-state index contributed by atoms with van der Waals surface area (Å²) in [5.74, 6) is 0.204. The molecule has 0 saturated carbocycles. The topological polar surface area (TPSA) is 85.3 Å². The molecule has 0 spiro atoms. The Morgan fingerprint density at radius 3 is 2.20 bits per heavy atom. The Morgan fingerprint density at radius 2 is 1.52 bits per heavy atom. The Morgan fingerprint density at radius 1 is 0.825 bits per heavy atom. The number of carbonyl (C=O) groups excluding carboxylic acids is 2. The summed E-state index contributed by atoms with van der Waals surface area (Å²) < 4.78 is 17.4. The van der Waals surface area contributed by atoms with Crippen molar-refractivity contribution < 1.29 is 28.9 Å². The van der Waals surface area contributed by atoms with E-state index < -0.39 is 17.7 Å². The van der Waals surface area contributed by atoms with Crippen molar-refractivity contribution in [1.29, 1.82) is 0 Å². The molecule has 1 N–H and O–H groups in total. The maximum atomic E-state index is 13.5. The Balaban J connectivity index is 1.77. The largest absolute Gasteiger partial charge is 0.507 e. The highest BCUT2D eigenvalue weighted by molar-refractivity contribution is 6.46. The lowest BCUT2D eigenvalue weighted by molar-refractivity contribution is -0.139. The number of hydrogen-bond donors (Lipinski definition) is 1. The first kappa shape index (κ1) is 28.7. The summed E-state index contributed by atoms with van der Waals surface area (Å²) >= 11 is 0. The number of carbonyl (C=O) groups is 2. The van der Waals surface area contributed by atoms with Crippen molar-refractivity contribution in [2.75, 3.05) is 26.4 Å². The van der Waals surface area contributed by atoms with Crippen molar-refractivity contribution in [2.24, 2.45) is 0 Å². The van der Waals surface area contributed by atoms with Crippen molar-refractivity contribution >= 4 is 17.4 Å². The molecule has 0 bridgehead atoms. The molecule has 4 rings (SSSR count). The Labute approximate surface area is 236 Å². The van der Waals surface area contributed by atoms with Crippen molar-refractivity contribution in [2.45, 2.75) is 46.1 Å². The first-order valence-corrected chi connectivity index (χ1v) is 13.9. The predicted octanol–water partition coefficient (Wildman–Crippen LogP) is 6.33. The molecule has 1 amide bonds. The minimum absolute atomic E-state index is 0.0463. The number of nitrogens with zero attached hydrogens (tertiary/aromatic N) is 1. The molecule has 3 aromatic rings. The summed E-state index contributed by atoms with van der Waals surface area (Å²) in [6.07, 6.45) is 2.28. The van der Waals surface area contributed by atoms with E-state index in [2.05, 4.69) is 0 Å². The first-order chi connectivity index (χ1) is 19.5. The van der Waals surface area contributed by atoms with Crippen LogP contribution in [-0.4, -0.2) is 48.1 Å². The standard InChI is InChI=1S/C33H37NO6/c1-4-20-39-26-15-12-24(13-16-26)31(35)29-30(25-14-17-27(40-21-5-2)28(22-25)38-6-3)34(33(37)32(29)36)19-18-23-10-8-7-9-11-23/h7-17,22,30,35H,4-6,18-21H2,1-3H3. The zero-order valence-corrected chi connectivity index (χ0v) is 23.4. The van der Waals surface area contributed by atoms with Crippen LogP contribution in [0.5, 0.6) is 17.2 Å². The maximum absolute atomic E-state index is 13.5. The lowest BCUT2D eigenvalue weighted by Gasteiger charge is -2.26. The number of rotatable bonds is 13. The minimum atomic E-state index is -0.792. The molecule has 0 radical (unpaired) electrons. The SMILES string of the molecule is CCCOc1ccc(C(O)=C2C(=O)C(=O)N(CCc3ccccc3)C2c2ccc(OCCC)c(OCC)c2)cc1. The summed E-state index contributed by atoms with van der Waals surface area (Å²) in [4.78, 5) is 28.4. The summed E-state index contributed by atoms with van der Waals surface area (Å²) in [6.45, 7) is 7.78. The fourth-order valence-electron chi connectivity index (χ4n) is 4.73. The molecule has 3 aromatic carbocycles. The molecule has 7 nitrogen and oxygen atoms in total. The van der Waals surface area contributed by atoms with Gasteiger partial charge in [0.15, 0.2) is 11.5 Å². The van der Waals surface area contributed by atoms with Crippen molar-refractivity contribution in [3.63, 3.8) is 0 Å². The van der Waals surface area contributed by atoms with E-state index in [1.807, 2.05) is 57.2 Å². The average Bonchev–Trinajstić information content (AvgIpc) is 3.24. The highest BCUT2D eigenvalue weighted by Gasteiger charge is 2.46. The molecule has 1 heterocycles. The molecule has 1 aliphatic heterocycles. The molecule has 0 aromatic heterocycles. The average molecular weight is 544 g/mol. The van der Waals surface area contributed by atoms with E-state index in [1.165, 1.54) is 4.90 Å². The van der Waals surface area contributed by atoms with Gasteiger partial charge in [0, 0.05) is 12.1 Å². The van der Waals surface area contributed by atoms with Crippen LogP contribution in [0, 0.1) is 0 Å². The number of amides is 1. The van der Waals surface area contributed by atoms with Crippen LogP contribution in [0.3, 0.4) is 0 Å². The van der Waals surface area contributed by atoms with Gasteiger partial charge in [-0.15, -0.1) is 0 Å².